The molecule has 3 rings (SSSR count). The molecule has 1 aromatic rings. The Bertz CT molecular complexity index is 1010. The Labute approximate surface area is 226 Å². The smallest absolute Gasteiger partial charge is 0.355 e. The van der Waals surface area contributed by atoms with E-state index in [9.17, 15) is 19.8 Å². The van der Waals surface area contributed by atoms with E-state index in [0.717, 1.165) is 5.57 Å². The number of aromatic nitrogens is 1. The summed E-state index contributed by atoms with van der Waals surface area (Å²) in [5.41, 5.74) is -0.129. The van der Waals surface area contributed by atoms with Crippen molar-refractivity contribution < 1.29 is 34.0 Å². The minimum atomic E-state index is -1.29. The zero-order chi connectivity index (χ0) is 28.4. The van der Waals surface area contributed by atoms with Crippen molar-refractivity contribution in [3.05, 3.63) is 47.8 Å². The number of H-pyrrole nitrogens is 1. The monoisotopic (exact) mass is 531 g/mol. The maximum Gasteiger partial charge on any atom is 0.355 e. The van der Waals surface area contributed by atoms with Crippen LogP contribution in [0.5, 0.6) is 0 Å². The first-order valence-electron chi connectivity index (χ1n) is 13.7. The van der Waals surface area contributed by atoms with E-state index in [2.05, 4.69) is 18.0 Å². The van der Waals surface area contributed by atoms with Gasteiger partial charge in [-0.1, -0.05) is 52.8 Å². The first kappa shape index (κ1) is 30.1. The quantitative estimate of drug-likeness (QED) is 0.355. The van der Waals surface area contributed by atoms with Crippen molar-refractivity contribution in [1.29, 1.82) is 0 Å². The Hall–Kier alpha value is -2.42. The summed E-state index contributed by atoms with van der Waals surface area (Å²) in [5, 5.41) is 22.8. The Morgan fingerprint density at radius 2 is 1.89 bits per heavy atom. The molecule has 1 aliphatic carbocycles. The number of aliphatic hydroxyl groups is 2. The Kier molecular flexibility index (Phi) is 9.66. The van der Waals surface area contributed by atoms with Crippen LogP contribution in [-0.2, 0) is 19.0 Å². The third-order valence-corrected chi connectivity index (χ3v) is 8.65. The average molecular weight is 532 g/mol. The highest BCUT2D eigenvalue weighted by molar-refractivity contribution is 5.87. The zero-order valence-electron chi connectivity index (χ0n) is 23.9. The molecule has 0 saturated carbocycles. The highest BCUT2D eigenvalue weighted by Gasteiger charge is 2.51. The maximum atomic E-state index is 13.0. The fraction of sp³-hybridized carbons (Fsp3) is 0.667. The number of aromatic amines is 1. The first-order chi connectivity index (χ1) is 17.8. The SMILES string of the molecule is CO[C@H]1C[C@H]2C=C[C@@H]([C@@H](C)[C@H](OC(=O)c3ccc[nH]3)C(C)C)C(C)[C@]2(O)/C(C)=C/[C@@H](C)[C@@H]([C@@H](C)O)OC1=O. The number of methoxy groups -OCH3 is 1. The van der Waals surface area contributed by atoms with E-state index in [1.165, 1.54) is 7.11 Å². The van der Waals surface area contributed by atoms with Crippen molar-refractivity contribution in [1.82, 2.24) is 4.98 Å². The lowest BCUT2D eigenvalue weighted by molar-refractivity contribution is -0.172. The normalized spacial score (nSPS) is 35.9. The standard InChI is InChI=1S/C30H45NO7/c1-16(2)26(37-28(33)24-10-9-13-31-24)19(5)23-12-11-22-15-25(36-8)29(34)38-27(21(7)32)17(3)14-18(4)30(22,35)20(23)6/h9-14,16-17,19-23,25-27,31-32,35H,15H2,1-8H3/b18-14+/t17-,19-,20?,21-,22-,23+,25+,26-,27+,30-/m1/s1. The van der Waals surface area contributed by atoms with Crippen LogP contribution in [0.4, 0.5) is 0 Å². The molecule has 0 aromatic carbocycles. The highest BCUT2D eigenvalue weighted by Crippen LogP contribution is 2.48. The number of ether oxygens (including phenoxy) is 3. The van der Waals surface area contributed by atoms with Gasteiger partial charge in [0.25, 0.3) is 0 Å². The van der Waals surface area contributed by atoms with Crippen molar-refractivity contribution in [2.75, 3.05) is 7.11 Å². The van der Waals surface area contributed by atoms with Crippen LogP contribution < -0.4 is 0 Å². The summed E-state index contributed by atoms with van der Waals surface area (Å²) >= 11 is 0. The number of hydrogen-bond donors (Lipinski definition) is 3. The van der Waals surface area contributed by atoms with Crippen LogP contribution in [0.1, 0.15) is 65.4 Å². The molecule has 10 atom stereocenters. The van der Waals surface area contributed by atoms with Crippen LogP contribution in [0.2, 0.25) is 0 Å². The number of rotatable bonds is 7. The van der Waals surface area contributed by atoms with Gasteiger partial charge < -0.3 is 29.4 Å². The third kappa shape index (κ3) is 5.92. The Morgan fingerprint density at radius 1 is 1.21 bits per heavy atom. The molecule has 3 N–H and O–H groups in total. The fourth-order valence-corrected chi connectivity index (χ4v) is 6.46. The Balaban J connectivity index is 2.00. The molecule has 8 heteroatoms. The lowest BCUT2D eigenvalue weighted by Gasteiger charge is -2.50. The summed E-state index contributed by atoms with van der Waals surface area (Å²) in [4.78, 5) is 28.7. The summed E-state index contributed by atoms with van der Waals surface area (Å²) in [5.74, 6) is -2.10. The van der Waals surface area contributed by atoms with Gasteiger partial charge in [0.15, 0.2) is 6.10 Å². The molecule has 0 spiro atoms. The second-order valence-corrected chi connectivity index (χ2v) is 11.6. The summed E-state index contributed by atoms with van der Waals surface area (Å²) in [6, 6.07) is 3.45. The largest absolute Gasteiger partial charge is 0.457 e. The minimum absolute atomic E-state index is 0.0528. The van der Waals surface area contributed by atoms with E-state index >= 15 is 0 Å². The number of cyclic esters (lactones) is 1. The van der Waals surface area contributed by atoms with Gasteiger partial charge in [-0.05, 0) is 55.7 Å². The van der Waals surface area contributed by atoms with E-state index in [4.69, 9.17) is 14.2 Å². The lowest BCUT2D eigenvalue weighted by atomic mass is 9.59. The molecule has 212 valence electrons. The number of carbonyl (C=O) groups is 2. The van der Waals surface area contributed by atoms with Gasteiger partial charge in [0.05, 0.1) is 11.7 Å². The number of hydrogen-bond acceptors (Lipinski definition) is 7. The maximum absolute atomic E-state index is 13.0. The molecule has 2 aliphatic rings. The topological polar surface area (TPSA) is 118 Å². The summed E-state index contributed by atoms with van der Waals surface area (Å²) in [6.45, 7) is 13.5. The summed E-state index contributed by atoms with van der Waals surface area (Å²) < 4.78 is 17.2. The van der Waals surface area contributed by atoms with Crippen molar-refractivity contribution in [2.45, 2.75) is 84.9 Å². The fourth-order valence-electron chi connectivity index (χ4n) is 6.46. The van der Waals surface area contributed by atoms with Gasteiger partial charge in [-0.25, -0.2) is 9.59 Å². The third-order valence-electron chi connectivity index (χ3n) is 8.65. The molecule has 1 aliphatic heterocycles. The lowest BCUT2D eigenvalue weighted by Crippen LogP contribution is -2.54. The predicted molar refractivity (Wildman–Crippen MR) is 144 cm³/mol. The van der Waals surface area contributed by atoms with Crippen molar-refractivity contribution in [3.63, 3.8) is 0 Å². The number of aliphatic hydroxyl groups excluding tert-OH is 1. The molecule has 38 heavy (non-hydrogen) atoms. The van der Waals surface area contributed by atoms with Crippen LogP contribution in [0, 0.1) is 35.5 Å². The van der Waals surface area contributed by atoms with Gasteiger partial charge in [0.2, 0.25) is 0 Å². The average Bonchev–Trinajstić information content (AvgIpc) is 3.40. The first-order valence-corrected chi connectivity index (χ1v) is 13.7. The molecule has 0 radical (unpaired) electrons. The minimum Gasteiger partial charge on any atom is -0.457 e. The van der Waals surface area contributed by atoms with Crippen molar-refractivity contribution in [2.24, 2.45) is 35.5 Å². The van der Waals surface area contributed by atoms with E-state index < -0.39 is 41.8 Å². The molecule has 1 aromatic heterocycles. The zero-order valence-corrected chi connectivity index (χ0v) is 23.9. The van der Waals surface area contributed by atoms with Crippen LogP contribution in [0.25, 0.3) is 0 Å². The van der Waals surface area contributed by atoms with Crippen LogP contribution >= 0.6 is 0 Å². The molecule has 1 unspecified atom stereocenters. The van der Waals surface area contributed by atoms with Crippen LogP contribution in [0.3, 0.4) is 0 Å². The molecule has 0 fully saturated rings. The van der Waals surface area contributed by atoms with Crippen LogP contribution in [-0.4, -0.2) is 64.3 Å². The van der Waals surface area contributed by atoms with Crippen LogP contribution in [0.15, 0.2) is 42.1 Å². The van der Waals surface area contributed by atoms with E-state index in [0.29, 0.717) is 5.69 Å². The molecule has 0 saturated heterocycles. The number of fused-ring (bicyclic) bond motifs is 1. The molecular weight excluding hydrogens is 486 g/mol. The van der Waals surface area contributed by atoms with Gasteiger partial charge in [0, 0.05) is 31.1 Å². The molecular formula is C30H45NO7. The predicted octanol–water partition coefficient (Wildman–Crippen LogP) is 4.30. The molecule has 2 heterocycles. The molecule has 0 bridgehead atoms. The van der Waals surface area contributed by atoms with Gasteiger partial charge in [0.1, 0.15) is 17.9 Å². The summed E-state index contributed by atoms with van der Waals surface area (Å²) in [7, 11) is 1.45. The number of nitrogens with one attached hydrogen (secondary N) is 1. The van der Waals surface area contributed by atoms with Gasteiger partial charge >= 0.3 is 11.9 Å². The van der Waals surface area contributed by atoms with Gasteiger partial charge in [-0.15, -0.1) is 0 Å². The van der Waals surface area contributed by atoms with Crippen molar-refractivity contribution in [3.8, 4) is 0 Å². The van der Waals surface area contributed by atoms with Gasteiger partial charge in [-0.3, -0.25) is 0 Å². The van der Waals surface area contributed by atoms with E-state index in [-0.39, 0.29) is 42.1 Å². The van der Waals surface area contributed by atoms with E-state index in [1.54, 1.807) is 25.3 Å². The molecule has 8 nitrogen and oxygen atoms in total. The summed E-state index contributed by atoms with van der Waals surface area (Å²) in [6.07, 6.45) is 4.96. The molecule has 0 amide bonds. The second-order valence-electron chi connectivity index (χ2n) is 11.6. The number of allylic oxidation sites excluding steroid dienone is 1. The Morgan fingerprint density at radius 3 is 2.45 bits per heavy atom. The van der Waals surface area contributed by atoms with Gasteiger partial charge in [-0.2, -0.15) is 0 Å². The highest BCUT2D eigenvalue weighted by atomic mass is 16.6. The second kappa shape index (κ2) is 12.2. The number of carbonyl (C=O) groups excluding carboxylic acids is 2. The van der Waals surface area contributed by atoms with Crippen molar-refractivity contribution >= 4 is 11.9 Å². The number of esters is 2. The van der Waals surface area contributed by atoms with E-state index in [1.807, 2.05) is 46.8 Å².